The summed E-state index contributed by atoms with van der Waals surface area (Å²) in [5.41, 5.74) is 1.75. The molecule has 0 bridgehead atoms. The molecular weight excluding hydrogens is 264 g/mol. The molecule has 0 radical (unpaired) electrons. The number of amides is 1. The van der Waals surface area contributed by atoms with E-state index in [4.69, 9.17) is 0 Å². The van der Waals surface area contributed by atoms with Crippen LogP contribution >= 0.6 is 12.4 Å². The van der Waals surface area contributed by atoms with Crippen molar-refractivity contribution in [3.63, 3.8) is 0 Å². The molecule has 2 aromatic rings. The fourth-order valence-corrected chi connectivity index (χ4v) is 1.74. The molecule has 1 atom stereocenters. The summed E-state index contributed by atoms with van der Waals surface area (Å²) in [6, 6.07) is 8.05. The van der Waals surface area contributed by atoms with Gasteiger partial charge in [-0.2, -0.15) is 5.10 Å². The lowest BCUT2D eigenvalue weighted by Crippen LogP contribution is -2.37. The Hall–Kier alpha value is -1.59. The lowest BCUT2D eigenvalue weighted by molar-refractivity contribution is -0.120. The molecule has 5 nitrogen and oxygen atoms in total. The maximum Gasteiger partial charge on any atom is 0.226 e. The molecule has 104 valence electrons. The summed E-state index contributed by atoms with van der Waals surface area (Å²) >= 11 is 0. The zero-order valence-corrected chi connectivity index (χ0v) is 11.9. The van der Waals surface area contributed by atoms with Crippen molar-refractivity contribution in [3.8, 4) is 0 Å². The van der Waals surface area contributed by atoms with Crippen LogP contribution in [0.5, 0.6) is 0 Å². The number of aromatic nitrogens is 2. The predicted octanol–water partition coefficient (Wildman–Crippen LogP) is 1.25. The van der Waals surface area contributed by atoms with Gasteiger partial charge in [0.15, 0.2) is 0 Å². The summed E-state index contributed by atoms with van der Waals surface area (Å²) in [4.78, 5) is 11.8. The van der Waals surface area contributed by atoms with Crippen LogP contribution in [-0.4, -0.2) is 35.7 Å². The Bertz CT molecular complexity index is 540. The van der Waals surface area contributed by atoms with Gasteiger partial charge in [-0.05, 0) is 20.0 Å². The molecule has 0 aliphatic carbocycles. The van der Waals surface area contributed by atoms with Crippen molar-refractivity contribution >= 4 is 29.2 Å². The Labute approximate surface area is 118 Å². The zero-order chi connectivity index (χ0) is 13.0. The summed E-state index contributed by atoms with van der Waals surface area (Å²) in [6.07, 6.45) is 0.330. The lowest BCUT2D eigenvalue weighted by atomic mass is 10.1. The third kappa shape index (κ3) is 3.94. The van der Waals surface area contributed by atoms with Gasteiger partial charge in [-0.3, -0.25) is 9.89 Å². The van der Waals surface area contributed by atoms with E-state index >= 15 is 0 Å². The number of carbonyl (C=O) groups excluding carboxylic acids is 1. The number of likely N-dealkylation sites (N-methyl/N-ethyl adjacent to an activating group) is 1. The molecule has 2 rings (SSSR count). The molecule has 1 aromatic heterocycles. The SMILES string of the molecule is CNC(C)CNC(=O)Cc1[nH]nc2ccccc12.Cl. The number of hydrogen-bond donors (Lipinski definition) is 3. The second kappa shape index (κ2) is 7.11. The van der Waals surface area contributed by atoms with Gasteiger partial charge in [-0.1, -0.05) is 18.2 Å². The second-order valence-corrected chi connectivity index (χ2v) is 4.39. The van der Waals surface area contributed by atoms with E-state index in [1.165, 1.54) is 0 Å². The Morgan fingerprint density at radius 3 is 2.89 bits per heavy atom. The third-order valence-electron chi connectivity index (χ3n) is 2.98. The van der Waals surface area contributed by atoms with E-state index in [2.05, 4.69) is 20.8 Å². The molecule has 0 fully saturated rings. The monoisotopic (exact) mass is 282 g/mol. The van der Waals surface area contributed by atoms with Gasteiger partial charge in [0.2, 0.25) is 5.91 Å². The highest BCUT2D eigenvalue weighted by Crippen LogP contribution is 2.15. The highest BCUT2D eigenvalue weighted by Gasteiger charge is 2.09. The lowest BCUT2D eigenvalue weighted by Gasteiger charge is -2.10. The van der Waals surface area contributed by atoms with Gasteiger partial charge in [0.25, 0.3) is 0 Å². The van der Waals surface area contributed by atoms with Crippen molar-refractivity contribution in [3.05, 3.63) is 30.0 Å². The standard InChI is InChI=1S/C13H18N4O.ClH/c1-9(14-2)8-15-13(18)7-12-10-5-3-4-6-11(10)16-17-12;/h3-6,9,14H,7-8H2,1-2H3,(H,15,18)(H,16,17);1H. The average Bonchev–Trinajstić information content (AvgIpc) is 2.79. The summed E-state index contributed by atoms with van der Waals surface area (Å²) in [7, 11) is 1.87. The number of H-pyrrole nitrogens is 1. The Morgan fingerprint density at radius 1 is 1.42 bits per heavy atom. The molecule has 0 aliphatic heterocycles. The number of fused-ring (bicyclic) bond motifs is 1. The topological polar surface area (TPSA) is 69.8 Å². The van der Waals surface area contributed by atoms with Crippen molar-refractivity contribution in [1.82, 2.24) is 20.8 Å². The molecule has 0 saturated carbocycles. The highest BCUT2D eigenvalue weighted by molar-refractivity contribution is 5.87. The van der Waals surface area contributed by atoms with E-state index in [0.29, 0.717) is 13.0 Å². The van der Waals surface area contributed by atoms with Crippen LogP contribution in [-0.2, 0) is 11.2 Å². The molecule has 0 spiro atoms. The second-order valence-electron chi connectivity index (χ2n) is 4.39. The fraction of sp³-hybridized carbons (Fsp3) is 0.385. The molecular formula is C13H19ClN4O. The van der Waals surface area contributed by atoms with E-state index in [9.17, 15) is 4.79 Å². The molecule has 0 saturated heterocycles. The minimum absolute atomic E-state index is 0. The molecule has 1 heterocycles. The van der Waals surface area contributed by atoms with Crippen LogP contribution in [0.15, 0.2) is 24.3 Å². The first-order valence-electron chi connectivity index (χ1n) is 6.06. The van der Waals surface area contributed by atoms with Crippen molar-refractivity contribution in [1.29, 1.82) is 0 Å². The van der Waals surface area contributed by atoms with Crippen molar-refractivity contribution in [2.45, 2.75) is 19.4 Å². The Morgan fingerprint density at radius 2 is 2.16 bits per heavy atom. The largest absolute Gasteiger partial charge is 0.354 e. The molecule has 3 N–H and O–H groups in total. The van der Waals surface area contributed by atoms with Crippen LogP contribution in [0.3, 0.4) is 0 Å². The minimum Gasteiger partial charge on any atom is -0.354 e. The number of benzene rings is 1. The molecule has 1 amide bonds. The summed E-state index contributed by atoms with van der Waals surface area (Å²) in [5.74, 6) is 0.00602. The summed E-state index contributed by atoms with van der Waals surface area (Å²) in [6.45, 7) is 2.65. The molecule has 1 aromatic carbocycles. The number of aromatic amines is 1. The minimum atomic E-state index is 0. The van der Waals surface area contributed by atoms with Gasteiger partial charge in [0, 0.05) is 18.0 Å². The maximum absolute atomic E-state index is 11.8. The van der Waals surface area contributed by atoms with Gasteiger partial charge < -0.3 is 10.6 Å². The first-order chi connectivity index (χ1) is 8.70. The first kappa shape index (κ1) is 15.5. The van der Waals surface area contributed by atoms with Gasteiger partial charge in [0.1, 0.15) is 0 Å². The van der Waals surface area contributed by atoms with Gasteiger partial charge in [0.05, 0.1) is 17.6 Å². The van der Waals surface area contributed by atoms with Gasteiger partial charge in [-0.15, -0.1) is 12.4 Å². The third-order valence-corrected chi connectivity index (χ3v) is 2.98. The fourth-order valence-electron chi connectivity index (χ4n) is 1.74. The average molecular weight is 283 g/mol. The Balaban J connectivity index is 0.00000180. The van der Waals surface area contributed by atoms with Crippen LogP contribution in [0.4, 0.5) is 0 Å². The first-order valence-corrected chi connectivity index (χ1v) is 6.06. The highest BCUT2D eigenvalue weighted by atomic mass is 35.5. The smallest absolute Gasteiger partial charge is 0.226 e. The van der Waals surface area contributed by atoms with Crippen LogP contribution in [0.2, 0.25) is 0 Å². The number of halogens is 1. The number of carbonyl (C=O) groups is 1. The number of hydrogen-bond acceptors (Lipinski definition) is 3. The van der Waals surface area contributed by atoms with Crippen LogP contribution < -0.4 is 10.6 Å². The summed E-state index contributed by atoms with van der Waals surface area (Å²) in [5, 5.41) is 14.1. The summed E-state index contributed by atoms with van der Waals surface area (Å²) < 4.78 is 0. The normalized spacial score (nSPS) is 11.9. The quantitative estimate of drug-likeness (QED) is 0.773. The number of nitrogens with one attached hydrogen (secondary N) is 3. The van der Waals surface area contributed by atoms with Gasteiger partial charge in [-0.25, -0.2) is 0 Å². The molecule has 6 heteroatoms. The number of rotatable bonds is 5. The molecule has 0 aliphatic rings. The predicted molar refractivity (Wildman–Crippen MR) is 78.6 cm³/mol. The number of para-hydroxylation sites is 1. The van der Waals surface area contributed by atoms with Crippen molar-refractivity contribution < 1.29 is 4.79 Å². The van der Waals surface area contributed by atoms with Crippen LogP contribution in [0.1, 0.15) is 12.6 Å². The Kier molecular flexibility index (Phi) is 5.79. The van der Waals surface area contributed by atoms with E-state index in [1.54, 1.807) is 0 Å². The maximum atomic E-state index is 11.8. The van der Waals surface area contributed by atoms with E-state index < -0.39 is 0 Å². The molecule has 19 heavy (non-hydrogen) atoms. The van der Waals surface area contributed by atoms with Crippen LogP contribution in [0, 0.1) is 0 Å². The van der Waals surface area contributed by atoms with Crippen molar-refractivity contribution in [2.75, 3.05) is 13.6 Å². The van der Waals surface area contributed by atoms with Gasteiger partial charge >= 0.3 is 0 Å². The van der Waals surface area contributed by atoms with E-state index in [-0.39, 0.29) is 24.4 Å². The molecule has 1 unspecified atom stereocenters. The number of nitrogens with zero attached hydrogens (tertiary/aromatic N) is 1. The van der Waals surface area contributed by atoms with E-state index in [0.717, 1.165) is 16.6 Å². The van der Waals surface area contributed by atoms with E-state index in [1.807, 2.05) is 38.2 Å². The zero-order valence-electron chi connectivity index (χ0n) is 11.1. The van der Waals surface area contributed by atoms with Crippen molar-refractivity contribution in [2.24, 2.45) is 0 Å². The van der Waals surface area contributed by atoms with Crippen LogP contribution in [0.25, 0.3) is 10.9 Å².